The van der Waals surface area contributed by atoms with Gasteiger partial charge in [-0.05, 0) is 42.2 Å². The van der Waals surface area contributed by atoms with E-state index in [0.717, 1.165) is 6.42 Å². The number of rotatable bonds is 5. The first-order valence-corrected chi connectivity index (χ1v) is 7.97. The molecule has 0 spiro atoms. The summed E-state index contributed by atoms with van der Waals surface area (Å²) in [6, 6.07) is 10.6. The molecular formula is C15H18N2O2S. The SMILES string of the molecule is CC(C)Cc1ccc(NS(=O)(=O)c2cccnc2)cc1. The Hall–Kier alpha value is -1.88. The summed E-state index contributed by atoms with van der Waals surface area (Å²) < 4.78 is 26.8. The normalized spacial score (nSPS) is 11.6. The topological polar surface area (TPSA) is 59.1 Å². The van der Waals surface area contributed by atoms with Gasteiger partial charge in [0, 0.05) is 18.1 Å². The number of anilines is 1. The van der Waals surface area contributed by atoms with Gasteiger partial charge in [0.1, 0.15) is 4.90 Å². The Morgan fingerprint density at radius 2 is 1.85 bits per heavy atom. The molecule has 0 atom stereocenters. The Balaban J connectivity index is 2.14. The standard InChI is InChI=1S/C15H18N2O2S/c1-12(2)10-13-5-7-14(8-6-13)17-20(18,19)15-4-3-9-16-11-15/h3-9,11-12,17H,10H2,1-2H3. The largest absolute Gasteiger partial charge is 0.280 e. The number of pyridine rings is 1. The lowest BCUT2D eigenvalue weighted by Gasteiger charge is -2.09. The Kier molecular flexibility index (Phi) is 4.39. The fourth-order valence-corrected chi connectivity index (χ4v) is 2.92. The first kappa shape index (κ1) is 14.5. The summed E-state index contributed by atoms with van der Waals surface area (Å²) in [6.07, 6.45) is 3.85. The van der Waals surface area contributed by atoms with Crippen LogP contribution in [0.3, 0.4) is 0 Å². The molecule has 20 heavy (non-hydrogen) atoms. The summed E-state index contributed by atoms with van der Waals surface area (Å²) in [5.74, 6) is 0.577. The average molecular weight is 290 g/mol. The molecule has 1 aromatic carbocycles. The molecule has 0 amide bonds. The van der Waals surface area contributed by atoms with Crippen molar-refractivity contribution >= 4 is 15.7 Å². The van der Waals surface area contributed by atoms with Crippen LogP contribution in [-0.2, 0) is 16.4 Å². The molecule has 0 bridgehead atoms. The van der Waals surface area contributed by atoms with Gasteiger partial charge >= 0.3 is 0 Å². The molecule has 5 heteroatoms. The van der Waals surface area contributed by atoms with Crippen molar-refractivity contribution in [2.24, 2.45) is 5.92 Å². The summed E-state index contributed by atoms with van der Waals surface area (Å²) >= 11 is 0. The Bertz CT molecular complexity index is 650. The monoisotopic (exact) mass is 290 g/mol. The van der Waals surface area contributed by atoms with Gasteiger partial charge in [0.05, 0.1) is 0 Å². The molecule has 2 aromatic rings. The van der Waals surface area contributed by atoms with Crippen molar-refractivity contribution < 1.29 is 8.42 Å². The number of hydrogen-bond donors (Lipinski definition) is 1. The Morgan fingerprint density at radius 3 is 2.40 bits per heavy atom. The van der Waals surface area contributed by atoms with Crippen LogP contribution in [0.25, 0.3) is 0 Å². The molecule has 0 fully saturated rings. The third kappa shape index (κ3) is 3.81. The first-order valence-electron chi connectivity index (χ1n) is 6.49. The zero-order valence-electron chi connectivity index (χ0n) is 11.6. The summed E-state index contributed by atoms with van der Waals surface area (Å²) in [5, 5.41) is 0. The molecule has 0 saturated carbocycles. The van der Waals surface area contributed by atoms with E-state index in [2.05, 4.69) is 23.6 Å². The van der Waals surface area contributed by atoms with Crippen molar-refractivity contribution in [2.45, 2.75) is 25.2 Å². The van der Waals surface area contributed by atoms with Gasteiger partial charge in [-0.3, -0.25) is 9.71 Å². The van der Waals surface area contributed by atoms with Crippen molar-refractivity contribution in [2.75, 3.05) is 4.72 Å². The van der Waals surface area contributed by atoms with Gasteiger partial charge in [-0.1, -0.05) is 26.0 Å². The zero-order chi connectivity index (χ0) is 14.6. The summed E-state index contributed by atoms with van der Waals surface area (Å²) in [7, 11) is -3.56. The van der Waals surface area contributed by atoms with E-state index in [0.29, 0.717) is 11.6 Å². The number of nitrogens with zero attached hydrogens (tertiary/aromatic N) is 1. The van der Waals surface area contributed by atoms with E-state index >= 15 is 0 Å². The number of nitrogens with one attached hydrogen (secondary N) is 1. The van der Waals surface area contributed by atoms with Gasteiger partial charge in [-0.2, -0.15) is 0 Å². The Labute approximate surface area is 119 Å². The highest BCUT2D eigenvalue weighted by atomic mass is 32.2. The number of hydrogen-bond acceptors (Lipinski definition) is 3. The maximum absolute atomic E-state index is 12.1. The van der Waals surface area contributed by atoms with Gasteiger partial charge in [-0.15, -0.1) is 0 Å². The zero-order valence-corrected chi connectivity index (χ0v) is 12.4. The highest BCUT2D eigenvalue weighted by Gasteiger charge is 2.13. The smallest absolute Gasteiger partial charge is 0.263 e. The van der Waals surface area contributed by atoms with Gasteiger partial charge in [0.25, 0.3) is 10.0 Å². The second-order valence-corrected chi connectivity index (χ2v) is 6.77. The van der Waals surface area contributed by atoms with Crippen molar-refractivity contribution in [3.05, 3.63) is 54.4 Å². The van der Waals surface area contributed by atoms with E-state index in [1.54, 1.807) is 24.4 Å². The quantitative estimate of drug-likeness (QED) is 0.920. The lowest BCUT2D eigenvalue weighted by molar-refractivity contribution is 0.601. The van der Waals surface area contributed by atoms with Crippen molar-refractivity contribution in [3.8, 4) is 0 Å². The molecule has 2 rings (SSSR count). The fourth-order valence-electron chi connectivity index (χ4n) is 1.90. The molecule has 0 saturated heterocycles. The van der Waals surface area contributed by atoms with E-state index in [4.69, 9.17) is 0 Å². The van der Waals surface area contributed by atoms with Crippen LogP contribution in [-0.4, -0.2) is 13.4 Å². The minimum atomic E-state index is -3.56. The van der Waals surface area contributed by atoms with E-state index < -0.39 is 10.0 Å². The minimum absolute atomic E-state index is 0.159. The molecule has 0 aliphatic heterocycles. The van der Waals surface area contributed by atoms with Crippen LogP contribution >= 0.6 is 0 Å². The van der Waals surface area contributed by atoms with Crippen LogP contribution in [0, 0.1) is 5.92 Å². The van der Waals surface area contributed by atoms with Crippen molar-refractivity contribution in [1.29, 1.82) is 0 Å². The van der Waals surface area contributed by atoms with Crippen LogP contribution in [0.2, 0.25) is 0 Å². The predicted octanol–water partition coefficient (Wildman–Crippen LogP) is 3.08. The highest BCUT2D eigenvalue weighted by molar-refractivity contribution is 7.92. The van der Waals surface area contributed by atoms with Crippen molar-refractivity contribution in [1.82, 2.24) is 4.98 Å². The van der Waals surface area contributed by atoms with Gasteiger partial charge in [-0.25, -0.2) is 8.42 Å². The van der Waals surface area contributed by atoms with Crippen LogP contribution in [0.5, 0.6) is 0 Å². The van der Waals surface area contributed by atoms with Crippen molar-refractivity contribution in [3.63, 3.8) is 0 Å². The molecule has 0 aliphatic carbocycles. The minimum Gasteiger partial charge on any atom is -0.280 e. The van der Waals surface area contributed by atoms with Crippen LogP contribution in [0.4, 0.5) is 5.69 Å². The average Bonchev–Trinajstić information content (AvgIpc) is 2.41. The third-order valence-corrected chi connectivity index (χ3v) is 4.16. The van der Waals surface area contributed by atoms with Crippen LogP contribution < -0.4 is 4.72 Å². The Morgan fingerprint density at radius 1 is 1.15 bits per heavy atom. The van der Waals surface area contributed by atoms with Gasteiger partial charge in [0.2, 0.25) is 0 Å². The molecular weight excluding hydrogens is 272 g/mol. The van der Waals surface area contributed by atoms with Crippen LogP contribution in [0.15, 0.2) is 53.7 Å². The van der Waals surface area contributed by atoms with Gasteiger partial charge < -0.3 is 0 Å². The number of benzene rings is 1. The maximum Gasteiger partial charge on any atom is 0.263 e. The first-order chi connectivity index (χ1) is 9.47. The van der Waals surface area contributed by atoms with E-state index in [9.17, 15) is 8.42 Å². The number of sulfonamides is 1. The molecule has 1 heterocycles. The fraction of sp³-hybridized carbons (Fsp3) is 0.267. The molecule has 4 nitrogen and oxygen atoms in total. The number of aromatic nitrogens is 1. The van der Waals surface area contributed by atoms with Crippen LogP contribution in [0.1, 0.15) is 19.4 Å². The summed E-state index contributed by atoms with van der Waals surface area (Å²) in [5.41, 5.74) is 1.76. The third-order valence-electron chi connectivity index (χ3n) is 2.79. The lowest BCUT2D eigenvalue weighted by Crippen LogP contribution is -2.13. The van der Waals surface area contributed by atoms with Gasteiger partial charge in [0.15, 0.2) is 0 Å². The molecule has 1 N–H and O–H groups in total. The van der Waals surface area contributed by atoms with E-state index in [-0.39, 0.29) is 4.90 Å². The second-order valence-electron chi connectivity index (χ2n) is 5.09. The van der Waals surface area contributed by atoms with E-state index in [1.165, 1.54) is 17.8 Å². The molecule has 0 unspecified atom stereocenters. The maximum atomic E-state index is 12.1. The highest BCUT2D eigenvalue weighted by Crippen LogP contribution is 2.17. The summed E-state index contributed by atoms with van der Waals surface area (Å²) in [4.78, 5) is 3.98. The lowest BCUT2D eigenvalue weighted by atomic mass is 10.0. The molecule has 0 radical (unpaired) electrons. The van der Waals surface area contributed by atoms with E-state index in [1.807, 2.05) is 12.1 Å². The second kappa shape index (κ2) is 6.05. The predicted molar refractivity (Wildman–Crippen MR) is 80.0 cm³/mol. The molecule has 1 aromatic heterocycles. The summed E-state index contributed by atoms with van der Waals surface area (Å²) in [6.45, 7) is 4.30. The molecule has 0 aliphatic rings. The molecule has 106 valence electrons.